The summed E-state index contributed by atoms with van der Waals surface area (Å²) in [5.74, 6) is 0.485. The zero-order valence-electron chi connectivity index (χ0n) is 18.3. The molecule has 154 valence electrons. The van der Waals surface area contributed by atoms with Gasteiger partial charge in [-0.25, -0.2) is 0 Å². The molecule has 0 unspecified atom stereocenters. The topological polar surface area (TPSA) is 37.3 Å². The fourth-order valence-electron chi connectivity index (χ4n) is 3.80. The van der Waals surface area contributed by atoms with Crippen LogP contribution in [0.4, 0.5) is 0 Å². The highest BCUT2D eigenvalue weighted by Gasteiger charge is 2.20. The van der Waals surface area contributed by atoms with Crippen LogP contribution in [0.3, 0.4) is 0 Å². The van der Waals surface area contributed by atoms with Gasteiger partial charge in [-0.3, -0.25) is 4.79 Å². The fourth-order valence-corrected chi connectivity index (χ4v) is 3.80. The van der Waals surface area contributed by atoms with Crippen LogP contribution in [0.2, 0.25) is 0 Å². The number of nitrogens with one attached hydrogen (secondary N) is 1. The number of fused-ring (bicyclic) bond motifs is 1. The minimum Gasteiger partial charge on any atom is -0.351 e. The summed E-state index contributed by atoms with van der Waals surface area (Å²) < 4.78 is 2.09. The number of aromatic nitrogens is 1. The van der Waals surface area contributed by atoms with E-state index in [1.807, 2.05) is 6.08 Å². The highest BCUT2D eigenvalue weighted by molar-refractivity contribution is 6.01. The maximum absolute atomic E-state index is 13.0. The average Bonchev–Trinajstić information content (AvgIpc) is 2.96. The van der Waals surface area contributed by atoms with Gasteiger partial charge in [0, 0.05) is 24.0 Å². The molecule has 1 amide bonds. The Hall–Kier alpha value is -2.07. The zero-order valence-corrected chi connectivity index (χ0v) is 18.3. The minimum atomic E-state index is 0.0180. The molecule has 0 radical (unpaired) electrons. The Morgan fingerprint density at radius 1 is 1.25 bits per heavy atom. The molecule has 0 saturated carbocycles. The Labute approximate surface area is 170 Å². The molecule has 4 nitrogen and oxygen atoms in total. The Bertz CT molecular complexity index is 800. The van der Waals surface area contributed by atoms with Crippen LogP contribution >= 0.6 is 0 Å². The molecule has 1 heterocycles. The van der Waals surface area contributed by atoms with E-state index in [9.17, 15) is 4.79 Å². The van der Waals surface area contributed by atoms with Crippen LogP contribution in [0, 0.1) is 6.92 Å². The monoisotopic (exact) mass is 383 g/mol. The maximum Gasteiger partial charge on any atom is 0.268 e. The Morgan fingerprint density at radius 3 is 2.57 bits per heavy atom. The number of carbonyl (C=O) groups excluding carboxylic acids is 1. The Balaban J connectivity index is 2.15. The second-order valence-corrected chi connectivity index (χ2v) is 7.79. The van der Waals surface area contributed by atoms with Gasteiger partial charge in [-0.2, -0.15) is 0 Å². The van der Waals surface area contributed by atoms with Gasteiger partial charge in [0.15, 0.2) is 0 Å². The molecular weight excluding hydrogens is 346 g/mol. The summed E-state index contributed by atoms with van der Waals surface area (Å²) in [5.41, 5.74) is 4.22. The number of allylic oxidation sites excluding steroid dienone is 1. The molecule has 0 fully saturated rings. The number of aryl methyl sites for hydroxylation is 1. The summed E-state index contributed by atoms with van der Waals surface area (Å²) in [7, 11) is 0. The molecule has 2 aromatic rings. The molecular formula is C24H37N3O. The molecule has 0 aliphatic heterocycles. The van der Waals surface area contributed by atoms with Gasteiger partial charge in [-0.15, -0.1) is 6.58 Å². The van der Waals surface area contributed by atoms with Gasteiger partial charge in [0.25, 0.3) is 5.91 Å². The normalized spacial score (nSPS) is 11.5. The highest BCUT2D eigenvalue weighted by atomic mass is 16.1. The van der Waals surface area contributed by atoms with E-state index in [0.717, 1.165) is 49.2 Å². The first-order chi connectivity index (χ1) is 13.4. The second-order valence-electron chi connectivity index (χ2n) is 7.79. The van der Waals surface area contributed by atoms with Crippen molar-refractivity contribution in [2.75, 3.05) is 26.2 Å². The van der Waals surface area contributed by atoms with Gasteiger partial charge in [0.05, 0.1) is 0 Å². The number of carbonyl (C=O) groups is 1. The second kappa shape index (κ2) is 10.5. The summed E-state index contributed by atoms with van der Waals surface area (Å²) >= 11 is 0. The van der Waals surface area contributed by atoms with Crippen LogP contribution in [0.25, 0.3) is 10.9 Å². The van der Waals surface area contributed by atoms with E-state index in [4.69, 9.17) is 0 Å². The van der Waals surface area contributed by atoms with Gasteiger partial charge in [-0.05, 0) is 68.6 Å². The minimum absolute atomic E-state index is 0.0180. The lowest BCUT2D eigenvalue weighted by molar-refractivity contribution is 0.0943. The van der Waals surface area contributed by atoms with Gasteiger partial charge in [0.2, 0.25) is 0 Å². The lowest BCUT2D eigenvalue weighted by Crippen LogP contribution is -2.29. The van der Waals surface area contributed by atoms with E-state index >= 15 is 0 Å². The standard InChI is InChI=1S/C24H37N3O/c1-7-15-27-22-13-12-20(18(4)5)17-21(22)19(6)23(27)24(28)25-14-10-11-16-26(8-2)9-3/h7,12-13,17-18H,1,8-11,14-16H2,2-6H3,(H,25,28). The third-order valence-electron chi connectivity index (χ3n) is 5.62. The van der Waals surface area contributed by atoms with Crippen LogP contribution < -0.4 is 5.32 Å². The van der Waals surface area contributed by atoms with E-state index in [2.05, 4.69) is 74.2 Å². The Kier molecular flexibility index (Phi) is 8.31. The van der Waals surface area contributed by atoms with Crippen LogP contribution in [0.5, 0.6) is 0 Å². The van der Waals surface area contributed by atoms with E-state index in [0.29, 0.717) is 19.0 Å². The largest absolute Gasteiger partial charge is 0.351 e. The molecule has 28 heavy (non-hydrogen) atoms. The third-order valence-corrected chi connectivity index (χ3v) is 5.62. The smallest absolute Gasteiger partial charge is 0.268 e. The first kappa shape index (κ1) is 22.2. The lowest BCUT2D eigenvalue weighted by atomic mass is 10.0. The first-order valence-electron chi connectivity index (χ1n) is 10.7. The fraction of sp³-hybridized carbons (Fsp3) is 0.542. The van der Waals surface area contributed by atoms with Gasteiger partial charge < -0.3 is 14.8 Å². The quantitative estimate of drug-likeness (QED) is 0.432. The summed E-state index contributed by atoms with van der Waals surface area (Å²) in [6.07, 6.45) is 3.96. The molecule has 1 N–H and O–H groups in total. The van der Waals surface area contributed by atoms with Crippen molar-refractivity contribution >= 4 is 16.8 Å². The summed E-state index contributed by atoms with van der Waals surface area (Å²) in [4.78, 5) is 15.4. The number of nitrogens with zero attached hydrogens (tertiary/aromatic N) is 2. The van der Waals surface area contributed by atoms with Crippen molar-refractivity contribution in [2.45, 2.75) is 59.9 Å². The van der Waals surface area contributed by atoms with Crippen molar-refractivity contribution in [1.82, 2.24) is 14.8 Å². The van der Waals surface area contributed by atoms with Crippen LogP contribution in [0.15, 0.2) is 30.9 Å². The number of hydrogen-bond acceptors (Lipinski definition) is 2. The van der Waals surface area contributed by atoms with Crippen molar-refractivity contribution in [1.29, 1.82) is 0 Å². The molecule has 0 saturated heterocycles. The van der Waals surface area contributed by atoms with Gasteiger partial charge in [0.1, 0.15) is 5.69 Å². The molecule has 0 aliphatic carbocycles. The SMILES string of the molecule is C=CCn1c(C(=O)NCCCCN(CC)CC)c(C)c2cc(C(C)C)ccc21. The van der Waals surface area contributed by atoms with Crippen LogP contribution in [-0.4, -0.2) is 41.6 Å². The van der Waals surface area contributed by atoms with Crippen molar-refractivity contribution in [3.05, 3.63) is 47.7 Å². The van der Waals surface area contributed by atoms with Crippen molar-refractivity contribution in [3.8, 4) is 0 Å². The van der Waals surface area contributed by atoms with Crippen molar-refractivity contribution in [2.24, 2.45) is 0 Å². The molecule has 0 bridgehead atoms. The molecule has 0 atom stereocenters. The van der Waals surface area contributed by atoms with E-state index in [1.54, 1.807) is 0 Å². The van der Waals surface area contributed by atoms with Crippen LogP contribution in [0.1, 0.15) is 68.1 Å². The van der Waals surface area contributed by atoms with Crippen molar-refractivity contribution < 1.29 is 4.79 Å². The van der Waals surface area contributed by atoms with E-state index in [-0.39, 0.29) is 5.91 Å². The van der Waals surface area contributed by atoms with Gasteiger partial charge >= 0.3 is 0 Å². The Morgan fingerprint density at radius 2 is 1.96 bits per heavy atom. The predicted octanol–water partition coefficient (Wildman–Crippen LogP) is 5.11. The first-order valence-corrected chi connectivity index (χ1v) is 10.7. The molecule has 2 rings (SSSR count). The number of unbranched alkanes of at least 4 members (excludes halogenated alkanes) is 1. The number of amides is 1. The molecule has 4 heteroatoms. The molecule has 0 spiro atoms. The lowest BCUT2D eigenvalue weighted by Gasteiger charge is -2.17. The summed E-state index contributed by atoms with van der Waals surface area (Å²) in [5, 5.41) is 4.30. The average molecular weight is 384 g/mol. The van der Waals surface area contributed by atoms with Crippen molar-refractivity contribution in [3.63, 3.8) is 0 Å². The molecule has 0 aliphatic rings. The van der Waals surface area contributed by atoms with Gasteiger partial charge in [-0.1, -0.05) is 39.8 Å². The molecule has 1 aromatic carbocycles. The summed E-state index contributed by atoms with van der Waals surface area (Å²) in [6.45, 7) is 19.3. The number of benzene rings is 1. The molecule has 1 aromatic heterocycles. The predicted molar refractivity (Wildman–Crippen MR) is 120 cm³/mol. The summed E-state index contributed by atoms with van der Waals surface area (Å²) in [6, 6.07) is 6.54. The zero-order chi connectivity index (χ0) is 20.7. The van der Waals surface area contributed by atoms with E-state index < -0.39 is 0 Å². The third kappa shape index (κ3) is 5.05. The highest BCUT2D eigenvalue weighted by Crippen LogP contribution is 2.29. The number of rotatable bonds is 11. The number of hydrogen-bond donors (Lipinski definition) is 1. The maximum atomic E-state index is 13.0. The van der Waals surface area contributed by atoms with E-state index in [1.165, 1.54) is 10.9 Å². The van der Waals surface area contributed by atoms with Crippen LogP contribution in [-0.2, 0) is 6.54 Å².